The van der Waals surface area contributed by atoms with Crippen molar-refractivity contribution in [2.75, 3.05) is 0 Å². The summed E-state index contributed by atoms with van der Waals surface area (Å²) >= 11 is 1.46. The molecular weight excluding hydrogens is 320 g/mol. The predicted octanol–water partition coefficient (Wildman–Crippen LogP) is 2.97. The predicted molar refractivity (Wildman–Crippen MR) is 95.6 cm³/mol. The SMILES string of the molecule is NC(=Nc1nccs1)c1ccc(Cn2ncc3cnccc32)cc1. The van der Waals surface area contributed by atoms with Crippen LogP contribution < -0.4 is 5.73 Å². The lowest BCUT2D eigenvalue weighted by Crippen LogP contribution is -2.12. The molecule has 7 heteroatoms. The lowest BCUT2D eigenvalue weighted by molar-refractivity contribution is 0.712. The highest BCUT2D eigenvalue weighted by Gasteiger charge is 2.05. The van der Waals surface area contributed by atoms with Crippen LogP contribution in [0.3, 0.4) is 0 Å². The number of nitrogens with two attached hydrogens (primary N) is 1. The summed E-state index contributed by atoms with van der Waals surface area (Å²) in [7, 11) is 0. The third-order valence-corrected chi connectivity index (χ3v) is 4.32. The highest BCUT2D eigenvalue weighted by molar-refractivity contribution is 7.13. The molecule has 0 saturated heterocycles. The zero-order valence-corrected chi connectivity index (χ0v) is 13.5. The second-order valence-electron chi connectivity index (χ2n) is 5.25. The third-order valence-electron chi connectivity index (χ3n) is 3.66. The summed E-state index contributed by atoms with van der Waals surface area (Å²) in [6.45, 7) is 0.692. The van der Waals surface area contributed by atoms with E-state index in [1.807, 2.05) is 52.8 Å². The second-order valence-corrected chi connectivity index (χ2v) is 6.12. The van der Waals surface area contributed by atoms with Crippen molar-refractivity contribution >= 4 is 33.2 Å². The highest BCUT2D eigenvalue weighted by atomic mass is 32.1. The first-order valence-electron chi connectivity index (χ1n) is 7.38. The summed E-state index contributed by atoms with van der Waals surface area (Å²) in [6, 6.07) is 9.97. The lowest BCUT2D eigenvalue weighted by Gasteiger charge is -2.05. The van der Waals surface area contributed by atoms with Crippen molar-refractivity contribution in [3.05, 3.63) is 71.6 Å². The number of rotatable bonds is 4. The molecule has 0 saturated carbocycles. The minimum absolute atomic E-state index is 0.465. The maximum absolute atomic E-state index is 6.04. The molecular formula is C17H14N6S. The van der Waals surface area contributed by atoms with Gasteiger partial charge in [0, 0.05) is 34.9 Å². The molecule has 6 nitrogen and oxygen atoms in total. The Morgan fingerprint density at radius 3 is 2.79 bits per heavy atom. The molecule has 0 fully saturated rings. The van der Waals surface area contributed by atoms with E-state index in [0.717, 1.165) is 22.0 Å². The number of aromatic nitrogens is 4. The van der Waals surface area contributed by atoms with Gasteiger partial charge in [0.25, 0.3) is 0 Å². The Morgan fingerprint density at radius 1 is 1.12 bits per heavy atom. The Hall–Kier alpha value is -3.06. The van der Waals surface area contributed by atoms with Crippen LogP contribution in [0.25, 0.3) is 10.9 Å². The molecule has 4 aromatic rings. The Kier molecular flexibility index (Phi) is 3.76. The Labute approximate surface area is 142 Å². The number of fused-ring (bicyclic) bond motifs is 1. The van der Waals surface area contributed by atoms with Crippen molar-refractivity contribution in [2.24, 2.45) is 10.7 Å². The van der Waals surface area contributed by atoms with Crippen molar-refractivity contribution in [3.8, 4) is 0 Å². The van der Waals surface area contributed by atoms with Crippen molar-refractivity contribution < 1.29 is 0 Å². The second kappa shape index (κ2) is 6.21. The van der Waals surface area contributed by atoms with E-state index in [-0.39, 0.29) is 0 Å². The smallest absolute Gasteiger partial charge is 0.210 e. The van der Waals surface area contributed by atoms with E-state index in [9.17, 15) is 0 Å². The fourth-order valence-electron chi connectivity index (χ4n) is 2.45. The molecule has 3 aromatic heterocycles. The van der Waals surface area contributed by atoms with Gasteiger partial charge in [0.2, 0.25) is 5.13 Å². The van der Waals surface area contributed by atoms with E-state index in [1.54, 1.807) is 12.4 Å². The first-order valence-corrected chi connectivity index (χ1v) is 8.26. The molecule has 4 rings (SSSR count). The molecule has 0 aliphatic heterocycles. The lowest BCUT2D eigenvalue weighted by atomic mass is 10.1. The molecule has 0 unspecified atom stereocenters. The third kappa shape index (κ3) is 2.89. The topological polar surface area (TPSA) is 82.0 Å². The van der Waals surface area contributed by atoms with Gasteiger partial charge in [-0.1, -0.05) is 24.3 Å². The van der Waals surface area contributed by atoms with Crippen LogP contribution in [0.4, 0.5) is 5.13 Å². The van der Waals surface area contributed by atoms with Crippen LogP contribution in [-0.2, 0) is 6.54 Å². The number of amidine groups is 1. The van der Waals surface area contributed by atoms with E-state index in [4.69, 9.17) is 5.73 Å². The van der Waals surface area contributed by atoms with Gasteiger partial charge in [-0.15, -0.1) is 11.3 Å². The summed E-state index contributed by atoms with van der Waals surface area (Å²) in [5.41, 5.74) is 9.13. The number of thiazole rings is 1. The Balaban J connectivity index is 1.56. The van der Waals surface area contributed by atoms with Gasteiger partial charge in [-0.2, -0.15) is 5.10 Å². The zero-order valence-electron chi connectivity index (χ0n) is 12.7. The van der Waals surface area contributed by atoms with E-state index in [2.05, 4.69) is 20.1 Å². The summed E-state index contributed by atoms with van der Waals surface area (Å²) in [6.07, 6.45) is 7.14. The molecule has 0 radical (unpaired) electrons. The molecule has 0 aliphatic rings. The molecule has 0 spiro atoms. The van der Waals surface area contributed by atoms with Gasteiger partial charge in [-0.25, -0.2) is 9.98 Å². The number of aliphatic imine (C=N–C) groups is 1. The molecule has 0 aliphatic carbocycles. The van der Waals surface area contributed by atoms with Crippen LogP contribution in [0.15, 0.2) is 65.5 Å². The maximum Gasteiger partial charge on any atom is 0.210 e. The van der Waals surface area contributed by atoms with Gasteiger partial charge >= 0.3 is 0 Å². The number of hydrogen-bond acceptors (Lipinski definition) is 5. The van der Waals surface area contributed by atoms with E-state index >= 15 is 0 Å². The quantitative estimate of drug-likeness (QED) is 0.459. The normalized spacial score (nSPS) is 11.9. The molecule has 2 N–H and O–H groups in total. The van der Waals surface area contributed by atoms with E-state index in [0.29, 0.717) is 17.5 Å². The standard InChI is InChI=1S/C17H14N6S/c18-16(22-17-20-7-8-24-17)13-3-1-12(2-4-13)11-23-15-5-6-19-9-14(15)10-21-23/h1-10H,11H2,(H2,18,20,22). The summed E-state index contributed by atoms with van der Waals surface area (Å²) < 4.78 is 1.96. The number of hydrogen-bond donors (Lipinski definition) is 1. The molecule has 0 bridgehead atoms. The fraction of sp³-hybridized carbons (Fsp3) is 0.0588. The largest absolute Gasteiger partial charge is 0.383 e. The minimum atomic E-state index is 0.465. The van der Waals surface area contributed by atoms with Crippen LogP contribution in [-0.4, -0.2) is 25.6 Å². The van der Waals surface area contributed by atoms with Crippen LogP contribution in [0.2, 0.25) is 0 Å². The van der Waals surface area contributed by atoms with Crippen molar-refractivity contribution in [1.82, 2.24) is 19.7 Å². The zero-order chi connectivity index (χ0) is 16.4. The minimum Gasteiger partial charge on any atom is -0.383 e. The summed E-state index contributed by atoms with van der Waals surface area (Å²) in [5, 5.41) is 7.99. The average Bonchev–Trinajstić information content (AvgIpc) is 3.26. The molecule has 3 heterocycles. The molecule has 1 aromatic carbocycles. The number of benzene rings is 1. The Bertz CT molecular complexity index is 986. The van der Waals surface area contributed by atoms with Gasteiger partial charge in [-0.05, 0) is 11.6 Å². The van der Waals surface area contributed by atoms with Crippen molar-refractivity contribution in [1.29, 1.82) is 0 Å². The van der Waals surface area contributed by atoms with Gasteiger partial charge in [0.15, 0.2) is 0 Å². The summed E-state index contributed by atoms with van der Waals surface area (Å²) in [5.74, 6) is 0.465. The van der Waals surface area contributed by atoms with Crippen LogP contribution in [0, 0.1) is 0 Å². The van der Waals surface area contributed by atoms with Gasteiger partial charge in [-0.3, -0.25) is 9.67 Å². The van der Waals surface area contributed by atoms with Crippen LogP contribution in [0.1, 0.15) is 11.1 Å². The van der Waals surface area contributed by atoms with Crippen LogP contribution in [0.5, 0.6) is 0 Å². The molecule has 24 heavy (non-hydrogen) atoms. The van der Waals surface area contributed by atoms with Gasteiger partial charge in [0.05, 0.1) is 18.3 Å². The highest BCUT2D eigenvalue weighted by Crippen LogP contribution is 2.17. The fourth-order valence-corrected chi connectivity index (χ4v) is 2.96. The van der Waals surface area contributed by atoms with Crippen molar-refractivity contribution in [3.63, 3.8) is 0 Å². The number of nitrogens with zero attached hydrogens (tertiary/aromatic N) is 5. The van der Waals surface area contributed by atoms with Gasteiger partial charge in [0.1, 0.15) is 5.84 Å². The Morgan fingerprint density at radius 2 is 2.00 bits per heavy atom. The monoisotopic (exact) mass is 334 g/mol. The first-order chi connectivity index (χ1) is 11.8. The molecule has 118 valence electrons. The molecule has 0 atom stereocenters. The van der Waals surface area contributed by atoms with Crippen molar-refractivity contribution in [2.45, 2.75) is 6.54 Å². The van der Waals surface area contributed by atoms with E-state index in [1.165, 1.54) is 11.3 Å². The summed E-state index contributed by atoms with van der Waals surface area (Å²) in [4.78, 5) is 12.5. The average molecular weight is 334 g/mol. The number of pyridine rings is 1. The maximum atomic E-state index is 6.04. The van der Waals surface area contributed by atoms with E-state index < -0.39 is 0 Å². The van der Waals surface area contributed by atoms with Gasteiger partial charge < -0.3 is 5.73 Å². The van der Waals surface area contributed by atoms with Crippen LogP contribution >= 0.6 is 11.3 Å². The molecule has 0 amide bonds. The first kappa shape index (κ1) is 14.5.